The average molecular weight is 419 g/mol. The van der Waals surface area contributed by atoms with Crippen LogP contribution < -0.4 is 5.56 Å². The van der Waals surface area contributed by atoms with Crippen LogP contribution in [0.15, 0.2) is 52.5 Å². The fourth-order valence-corrected chi connectivity index (χ4v) is 3.75. The maximum Gasteiger partial charge on any atom is 0.348 e. The van der Waals surface area contributed by atoms with E-state index in [1.54, 1.807) is 11.5 Å². The van der Waals surface area contributed by atoms with Gasteiger partial charge < -0.3 is 4.74 Å². The molecule has 0 amide bonds. The highest BCUT2D eigenvalue weighted by molar-refractivity contribution is 9.10. The summed E-state index contributed by atoms with van der Waals surface area (Å²) in [7, 11) is 0. The summed E-state index contributed by atoms with van der Waals surface area (Å²) in [6, 6.07) is 7.74. The molecule has 2 heterocycles. The highest BCUT2D eigenvalue weighted by atomic mass is 79.9. The Bertz CT molecular complexity index is 1010. The number of aryl methyl sites for hydroxylation is 1. The Morgan fingerprint density at radius 2 is 2.12 bits per heavy atom. The van der Waals surface area contributed by atoms with E-state index >= 15 is 0 Å². The number of carbonyl (C=O) groups is 1. The maximum atomic E-state index is 12.8. The summed E-state index contributed by atoms with van der Waals surface area (Å²) < 4.78 is 7.60. The van der Waals surface area contributed by atoms with E-state index in [0.29, 0.717) is 27.2 Å². The molecular weight excluding hydrogens is 404 g/mol. The van der Waals surface area contributed by atoms with Crippen molar-refractivity contribution in [2.24, 2.45) is 0 Å². The number of hydrogen-bond donors (Lipinski definition) is 0. The monoisotopic (exact) mass is 418 g/mol. The van der Waals surface area contributed by atoms with Crippen molar-refractivity contribution in [3.05, 3.63) is 74.1 Å². The molecule has 0 radical (unpaired) electrons. The van der Waals surface area contributed by atoms with Gasteiger partial charge >= 0.3 is 5.97 Å². The topological polar surface area (TPSA) is 61.2 Å². The van der Waals surface area contributed by atoms with E-state index in [9.17, 15) is 9.59 Å². The molecule has 0 saturated heterocycles. The Morgan fingerprint density at radius 3 is 2.80 bits per heavy atom. The molecule has 0 saturated carbocycles. The van der Waals surface area contributed by atoms with Gasteiger partial charge in [0, 0.05) is 4.47 Å². The first-order valence-corrected chi connectivity index (χ1v) is 9.13. The highest BCUT2D eigenvalue weighted by Crippen LogP contribution is 2.27. The molecule has 25 heavy (non-hydrogen) atoms. The van der Waals surface area contributed by atoms with Gasteiger partial charge in [-0.25, -0.2) is 9.78 Å². The maximum absolute atomic E-state index is 12.8. The minimum Gasteiger partial charge on any atom is -0.457 e. The lowest BCUT2D eigenvalue weighted by molar-refractivity contribution is 0.0555. The van der Waals surface area contributed by atoms with Gasteiger partial charge in [-0.2, -0.15) is 0 Å². The standard InChI is InChI=1S/C18H15BrN2O3S/c1-3-8-24-18(23)15-11(2)14-16(25-15)20-10-21(17(14)22)9-12-4-6-13(19)7-5-12/h3-7,10H,1,8-9H2,2H3. The van der Waals surface area contributed by atoms with Gasteiger partial charge in [0.25, 0.3) is 5.56 Å². The van der Waals surface area contributed by atoms with E-state index in [1.807, 2.05) is 24.3 Å². The molecule has 0 bridgehead atoms. The summed E-state index contributed by atoms with van der Waals surface area (Å²) in [6.45, 7) is 5.82. The molecule has 0 atom stereocenters. The van der Waals surface area contributed by atoms with Gasteiger partial charge in [0.15, 0.2) is 0 Å². The molecule has 0 aliphatic carbocycles. The van der Waals surface area contributed by atoms with Crippen LogP contribution in [0.4, 0.5) is 0 Å². The van der Waals surface area contributed by atoms with Crippen LogP contribution in [0.25, 0.3) is 10.2 Å². The van der Waals surface area contributed by atoms with Gasteiger partial charge in [-0.05, 0) is 30.2 Å². The number of halogens is 1. The van der Waals surface area contributed by atoms with E-state index in [2.05, 4.69) is 27.5 Å². The number of ether oxygens (including phenoxy) is 1. The van der Waals surface area contributed by atoms with Gasteiger partial charge in [-0.1, -0.05) is 40.7 Å². The number of fused-ring (bicyclic) bond motifs is 1. The molecule has 0 N–H and O–H groups in total. The van der Waals surface area contributed by atoms with Crippen LogP contribution in [0.5, 0.6) is 0 Å². The van der Waals surface area contributed by atoms with Crippen LogP contribution >= 0.6 is 27.3 Å². The van der Waals surface area contributed by atoms with Crippen molar-refractivity contribution in [3.8, 4) is 0 Å². The first kappa shape index (κ1) is 17.6. The number of thiophene rings is 1. The molecular formula is C18H15BrN2O3S. The second kappa shape index (κ2) is 7.33. The largest absolute Gasteiger partial charge is 0.457 e. The lowest BCUT2D eigenvalue weighted by atomic mass is 10.2. The molecule has 128 valence electrons. The fraction of sp³-hybridized carbons (Fsp3) is 0.167. The van der Waals surface area contributed by atoms with Crippen molar-refractivity contribution in [1.29, 1.82) is 0 Å². The van der Waals surface area contributed by atoms with Crippen molar-refractivity contribution in [2.45, 2.75) is 13.5 Å². The molecule has 2 aromatic heterocycles. The molecule has 7 heteroatoms. The van der Waals surface area contributed by atoms with E-state index in [-0.39, 0.29) is 12.2 Å². The number of esters is 1. The van der Waals surface area contributed by atoms with Gasteiger partial charge in [-0.3, -0.25) is 9.36 Å². The summed E-state index contributed by atoms with van der Waals surface area (Å²) in [5.74, 6) is -0.459. The van der Waals surface area contributed by atoms with Crippen molar-refractivity contribution < 1.29 is 9.53 Å². The number of benzene rings is 1. The third-order valence-electron chi connectivity index (χ3n) is 3.70. The van der Waals surface area contributed by atoms with Crippen molar-refractivity contribution >= 4 is 43.5 Å². The Morgan fingerprint density at radius 1 is 1.40 bits per heavy atom. The number of carbonyl (C=O) groups excluding carboxylic acids is 1. The van der Waals surface area contributed by atoms with Gasteiger partial charge in [0.05, 0.1) is 18.3 Å². The van der Waals surface area contributed by atoms with E-state index in [4.69, 9.17) is 4.74 Å². The van der Waals surface area contributed by atoms with Gasteiger partial charge in [-0.15, -0.1) is 11.3 Å². The molecule has 3 aromatic rings. The van der Waals surface area contributed by atoms with Crippen molar-refractivity contribution in [2.75, 3.05) is 6.61 Å². The predicted molar refractivity (Wildman–Crippen MR) is 102 cm³/mol. The zero-order valence-electron chi connectivity index (χ0n) is 13.5. The van der Waals surface area contributed by atoms with Gasteiger partial charge in [0.1, 0.15) is 16.3 Å². The third kappa shape index (κ3) is 3.57. The van der Waals surface area contributed by atoms with E-state index in [0.717, 1.165) is 10.0 Å². The van der Waals surface area contributed by atoms with Crippen LogP contribution in [-0.2, 0) is 11.3 Å². The quantitative estimate of drug-likeness (QED) is 0.465. The molecule has 0 aliphatic heterocycles. The first-order chi connectivity index (χ1) is 12.0. The minimum atomic E-state index is -0.459. The molecule has 0 fully saturated rings. The molecule has 1 aromatic carbocycles. The lowest BCUT2D eigenvalue weighted by Gasteiger charge is -2.06. The zero-order valence-corrected chi connectivity index (χ0v) is 15.9. The number of hydrogen-bond acceptors (Lipinski definition) is 5. The van der Waals surface area contributed by atoms with Crippen LogP contribution in [0, 0.1) is 6.92 Å². The summed E-state index contributed by atoms with van der Waals surface area (Å²) in [4.78, 5) is 30.2. The Balaban J connectivity index is 2.00. The van der Waals surface area contributed by atoms with E-state index < -0.39 is 5.97 Å². The van der Waals surface area contributed by atoms with Crippen molar-refractivity contribution in [1.82, 2.24) is 9.55 Å². The van der Waals surface area contributed by atoms with Crippen molar-refractivity contribution in [3.63, 3.8) is 0 Å². The first-order valence-electron chi connectivity index (χ1n) is 7.52. The average Bonchev–Trinajstić information content (AvgIpc) is 2.94. The fourth-order valence-electron chi connectivity index (χ4n) is 2.45. The molecule has 0 unspecified atom stereocenters. The van der Waals surface area contributed by atoms with Crippen LogP contribution in [0.3, 0.4) is 0 Å². The predicted octanol–water partition coefficient (Wildman–Crippen LogP) is 3.92. The Labute approximate surface area is 156 Å². The van der Waals surface area contributed by atoms with Crippen LogP contribution in [0.2, 0.25) is 0 Å². The highest BCUT2D eigenvalue weighted by Gasteiger charge is 2.20. The van der Waals surface area contributed by atoms with Crippen LogP contribution in [-0.4, -0.2) is 22.1 Å². The van der Waals surface area contributed by atoms with Gasteiger partial charge in [0.2, 0.25) is 0 Å². The summed E-state index contributed by atoms with van der Waals surface area (Å²) in [5.41, 5.74) is 1.44. The molecule has 5 nitrogen and oxygen atoms in total. The minimum absolute atomic E-state index is 0.133. The second-order valence-electron chi connectivity index (χ2n) is 5.43. The lowest BCUT2D eigenvalue weighted by Crippen LogP contribution is -2.21. The number of rotatable bonds is 5. The smallest absolute Gasteiger partial charge is 0.348 e. The second-order valence-corrected chi connectivity index (χ2v) is 7.34. The zero-order chi connectivity index (χ0) is 18.0. The number of aromatic nitrogens is 2. The third-order valence-corrected chi connectivity index (χ3v) is 5.41. The normalized spacial score (nSPS) is 10.8. The Kier molecular flexibility index (Phi) is 5.15. The molecule has 0 aliphatic rings. The molecule has 0 spiro atoms. The van der Waals surface area contributed by atoms with E-state index in [1.165, 1.54) is 23.7 Å². The summed E-state index contributed by atoms with van der Waals surface area (Å²) in [5, 5.41) is 0.468. The summed E-state index contributed by atoms with van der Waals surface area (Å²) in [6.07, 6.45) is 3.02. The molecule has 3 rings (SSSR count). The SMILES string of the molecule is C=CCOC(=O)c1sc2ncn(Cc3ccc(Br)cc3)c(=O)c2c1C. The Hall–Kier alpha value is -2.25. The number of nitrogens with zero attached hydrogens (tertiary/aromatic N) is 2. The van der Waals surface area contributed by atoms with Crippen LogP contribution in [0.1, 0.15) is 20.8 Å². The summed E-state index contributed by atoms with van der Waals surface area (Å²) >= 11 is 4.57.